The number of amides is 1. The van der Waals surface area contributed by atoms with Gasteiger partial charge in [0.2, 0.25) is 15.9 Å². The van der Waals surface area contributed by atoms with Gasteiger partial charge in [-0.05, 0) is 49.6 Å². The predicted octanol–water partition coefficient (Wildman–Crippen LogP) is 3.57. The van der Waals surface area contributed by atoms with E-state index in [1.165, 1.54) is 4.31 Å². The molecule has 0 bridgehead atoms. The van der Waals surface area contributed by atoms with Gasteiger partial charge in [0.1, 0.15) is 6.04 Å². The summed E-state index contributed by atoms with van der Waals surface area (Å²) in [7, 11) is -1.96. The van der Waals surface area contributed by atoms with Gasteiger partial charge < -0.3 is 4.90 Å². The van der Waals surface area contributed by atoms with Gasteiger partial charge in [0.15, 0.2) is 0 Å². The Bertz CT molecular complexity index is 911. The minimum absolute atomic E-state index is 0.161. The second kappa shape index (κ2) is 8.12. The summed E-state index contributed by atoms with van der Waals surface area (Å²) in [6, 6.07) is 13.9. The van der Waals surface area contributed by atoms with Gasteiger partial charge in [0.05, 0.1) is 4.90 Å². The smallest absolute Gasteiger partial charge is 0.243 e. The van der Waals surface area contributed by atoms with Crippen LogP contribution in [0.5, 0.6) is 0 Å². The highest BCUT2D eigenvalue weighted by Crippen LogP contribution is 2.27. The van der Waals surface area contributed by atoms with E-state index in [0.717, 1.165) is 15.6 Å². The summed E-state index contributed by atoms with van der Waals surface area (Å²) in [4.78, 5) is 14.8. The largest absolute Gasteiger partial charge is 0.340 e. The SMILES string of the molecule is Cc1ccc(S(=O)(=O)N2CCCC2C(=O)N(C)Cc2ccc(Br)cc2)cc1. The fraction of sp³-hybridized carbons (Fsp3) is 0.350. The molecule has 1 atom stereocenters. The van der Waals surface area contributed by atoms with E-state index in [0.29, 0.717) is 25.9 Å². The molecule has 3 rings (SSSR count). The molecule has 0 aliphatic carbocycles. The third-order valence-corrected chi connectivity index (χ3v) is 7.28. The predicted molar refractivity (Wildman–Crippen MR) is 109 cm³/mol. The summed E-state index contributed by atoms with van der Waals surface area (Å²) in [5.74, 6) is -0.161. The van der Waals surface area contributed by atoms with Crippen LogP contribution < -0.4 is 0 Å². The lowest BCUT2D eigenvalue weighted by Crippen LogP contribution is -2.46. The minimum Gasteiger partial charge on any atom is -0.340 e. The number of halogens is 1. The van der Waals surface area contributed by atoms with Crippen molar-refractivity contribution in [3.05, 3.63) is 64.1 Å². The lowest BCUT2D eigenvalue weighted by molar-refractivity contribution is -0.133. The first-order chi connectivity index (χ1) is 12.8. The first-order valence-corrected chi connectivity index (χ1v) is 11.1. The van der Waals surface area contributed by atoms with Crippen molar-refractivity contribution in [2.24, 2.45) is 0 Å². The number of hydrogen-bond acceptors (Lipinski definition) is 3. The Morgan fingerprint density at radius 1 is 1.15 bits per heavy atom. The van der Waals surface area contributed by atoms with Crippen LogP contribution in [0.4, 0.5) is 0 Å². The highest BCUT2D eigenvalue weighted by molar-refractivity contribution is 9.10. The lowest BCUT2D eigenvalue weighted by Gasteiger charge is -2.27. The van der Waals surface area contributed by atoms with Gasteiger partial charge in [-0.1, -0.05) is 45.8 Å². The summed E-state index contributed by atoms with van der Waals surface area (Å²) < 4.78 is 28.4. The van der Waals surface area contributed by atoms with E-state index < -0.39 is 16.1 Å². The molecular weight excluding hydrogens is 428 g/mol. The monoisotopic (exact) mass is 450 g/mol. The van der Waals surface area contributed by atoms with E-state index in [2.05, 4.69) is 15.9 Å². The Hall–Kier alpha value is -1.70. The summed E-state index contributed by atoms with van der Waals surface area (Å²) in [6.45, 7) is 2.73. The van der Waals surface area contributed by atoms with Gasteiger partial charge in [-0.15, -0.1) is 0 Å². The molecule has 1 saturated heterocycles. The van der Waals surface area contributed by atoms with Crippen molar-refractivity contribution in [2.75, 3.05) is 13.6 Å². The average molecular weight is 451 g/mol. The first-order valence-electron chi connectivity index (χ1n) is 8.87. The Kier molecular flexibility index (Phi) is 6.03. The summed E-state index contributed by atoms with van der Waals surface area (Å²) in [5.41, 5.74) is 2.00. The highest BCUT2D eigenvalue weighted by Gasteiger charge is 2.40. The third-order valence-electron chi connectivity index (χ3n) is 4.83. The van der Waals surface area contributed by atoms with Crippen LogP contribution >= 0.6 is 15.9 Å². The van der Waals surface area contributed by atoms with Crippen molar-refractivity contribution in [3.63, 3.8) is 0 Å². The van der Waals surface area contributed by atoms with Gasteiger partial charge in [-0.3, -0.25) is 4.79 Å². The molecule has 1 amide bonds. The van der Waals surface area contributed by atoms with Gasteiger partial charge >= 0.3 is 0 Å². The molecule has 0 radical (unpaired) electrons. The molecule has 0 aromatic heterocycles. The molecule has 1 aliphatic rings. The van der Waals surface area contributed by atoms with Gasteiger partial charge in [-0.25, -0.2) is 8.42 Å². The molecule has 1 fully saturated rings. The number of benzene rings is 2. The van der Waals surface area contributed by atoms with E-state index in [1.54, 1.807) is 36.2 Å². The summed E-state index contributed by atoms with van der Waals surface area (Å²) >= 11 is 3.40. The maximum Gasteiger partial charge on any atom is 0.243 e. The zero-order chi connectivity index (χ0) is 19.6. The quantitative estimate of drug-likeness (QED) is 0.699. The van der Waals surface area contributed by atoms with E-state index in [9.17, 15) is 13.2 Å². The zero-order valence-electron chi connectivity index (χ0n) is 15.4. The third kappa shape index (κ3) is 4.42. The lowest BCUT2D eigenvalue weighted by atomic mass is 10.1. The molecule has 0 N–H and O–H groups in total. The second-order valence-electron chi connectivity index (χ2n) is 6.91. The van der Waals surface area contributed by atoms with Crippen molar-refractivity contribution in [1.82, 2.24) is 9.21 Å². The maximum atomic E-state index is 13.0. The van der Waals surface area contributed by atoms with Crippen LogP contribution in [0.2, 0.25) is 0 Å². The maximum absolute atomic E-state index is 13.0. The molecule has 1 aliphatic heterocycles. The molecule has 2 aromatic carbocycles. The zero-order valence-corrected chi connectivity index (χ0v) is 17.8. The molecule has 0 saturated carbocycles. The molecule has 0 spiro atoms. The number of aryl methyl sites for hydroxylation is 1. The van der Waals surface area contributed by atoms with E-state index >= 15 is 0 Å². The van der Waals surface area contributed by atoms with Gasteiger partial charge in [0, 0.05) is 24.6 Å². The molecule has 2 aromatic rings. The van der Waals surface area contributed by atoms with Crippen molar-refractivity contribution in [2.45, 2.75) is 37.2 Å². The average Bonchev–Trinajstić information content (AvgIpc) is 3.14. The molecular formula is C20H23BrN2O3S. The number of sulfonamides is 1. The Balaban J connectivity index is 1.77. The van der Waals surface area contributed by atoms with Crippen molar-refractivity contribution >= 4 is 31.9 Å². The van der Waals surface area contributed by atoms with Crippen LogP contribution in [-0.4, -0.2) is 43.2 Å². The van der Waals surface area contributed by atoms with Gasteiger partial charge in [0.25, 0.3) is 0 Å². The van der Waals surface area contributed by atoms with Crippen LogP contribution in [0.25, 0.3) is 0 Å². The fourth-order valence-corrected chi connectivity index (χ4v) is 5.23. The van der Waals surface area contributed by atoms with Crippen LogP contribution in [-0.2, 0) is 21.4 Å². The summed E-state index contributed by atoms with van der Waals surface area (Å²) in [6.07, 6.45) is 1.24. The molecule has 144 valence electrons. The van der Waals surface area contributed by atoms with E-state index in [4.69, 9.17) is 0 Å². The molecule has 1 heterocycles. The van der Waals surface area contributed by atoms with Crippen molar-refractivity contribution in [1.29, 1.82) is 0 Å². The van der Waals surface area contributed by atoms with Crippen molar-refractivity contribution in [3.8, 4) is 0 Å². The first kappa shape index (κ1) is 20.0. The normalized spacial score (nSPS) is 17.8. The second-order valence-corrected chi connectivity index (χ2v) is 9.71. The van der Waals surface area contributed by atoms with E-state index in [1.807, 2.05) is 31.2 Å². The van der Waals surface area contributed by atoms with Crippen LogP contribution in [0.3, 0.4) is 0 Å². The van der Waals surface area contributed by atoms with Crippen LogP contribution in [0.15, 0.2) is 57.9 Å². The standard InChI is InChI=1S/C20H23BrN2O3S/c1-15-5-11-18(12-6-15)27(25,26)23-13-3-4-19(23)20(24)22(2)14-16-7-9-17(21)10-8-16/h5-12,19H,3-4,13-14H2,1-2H3. The summed E-state index contributed by atoms with van der Waals surface area (Å²) in [5, 5.41) is 0. The number of rotatable bonds is 5. The van der Waals surface area contributed by atoms with E-state index in [-0.39, 0.29) is 10.8 Å². The van der Waals surface area contributed by atoms with Crippen molar-refractivity contribution < 1.29 is 13.2 Å². The minimum atomic E-state index is -3.68. The Morgan fingerprint density at radius 3 is 2.41 bits per heavy atom. The number of carbonyl (C=O) groups is 1. The molecule has 1 unspecified atom stereocenters. The number of hydrogen-bond donors (Lipinski definition) is 0. The number of carbonyl (C=O) groups excluding carboxylic acids is 1. The topological polar surface area (TPSA) is 57.7 Å². The Morgan fingerprint density at radius 2 is 1.78 bits per heavy atom. The number of nitrogens with zero attached hydrogens (tertiary/aromatic N) is 2. The van der Waals surface area contributed by atoms with Gasteiger partial charge in [-0.2, -0.15) is 4.31 Å². The van der Waals surface area contributed by atoms with Crippen LogP contribution in [0.1, 0.15) is 24.0 Å². The highest BCUT2D eigenvalue weighted by atomic mass is 79.9. The van der Waals surface area contributed by atoms with Crippen LogP contribution in [0, 0.1) is 6.92 Å². The Labute approximate surface area is 169 Å². The molecule has 7 heteroatoms. The fourth-order valence-electron chi connectivity index (χ4n) is 3.32. The molecule has 27 heavy (non-hydrogen) atoms. The molecule has 5 nitrogen and oxygen atoms in total. The number of likely N-dealkylation sites (N-methyl/N-ethyl adjacent to an activating group) is 1.